The van der Waals surface area contributed by atoms with Crippen molar-refractivity contribution in [2.24, 2.45) is 0 Å². The lowest BCUT2D eigenvalue weighted by Gasteiger charge is -2.01. The normalized spacial score (nSPS) is 13.4. The molecule has 0 spiro atoms. The van der Waals surface area contributed by atoms with Crippen molar-refractivity contribution in [3.8, 4) is 0 Å². The predicted octanol–water partition coefficient (Wildman–Crippen LogP) is 1.16. The molecule has 0 aliphatic carbocycles. The summed E-state index contributed by atoms with van der Waals surface area (Å²) in [5, 5.41) is 8.70. The molecule has 0 heterocycles. The first-order valence-electron chi connectivity index (χ1n) is 3.10. The van der Waals surface area contributed by atoms with E-state index in [4.69, 9.17) is 13.0 Å². The van der Waals surface area contributed by atoms with E-state index in [0.717, 1.165) is 5.57 Å². The summed E-state index contributed by atoms with van der Waals surface area (Å²) in [7, 11) is 5.51. The van der Waals surface area contributed by atoms with Crippen LogP contribution in [0.4, 0.5) is 0 Å². The topological polar surface area (TPSA) is 20.2 Å². The van der Waals surface area contributed by atoms with E-state index >= 15 is 0 Å². The zero-order chi connectivity index (χ0) is 7.98. The Kier molecular flexibility index (Phi) is 4.68. The van der Waals surface area contributed by atoms with Gasteiger partial charge in [0.2, 0.25) is 0 Å². The fourth-order valence-electron chi connectivity index (χ4n) is 0.583. The van der Waals surface area contributed by atoms with Crippen LogP contribution in [0, 0.1) is 0 Å². The molecule has 0 aromatic rings. The number of allylic oxidation sites excluding steroid dienone is 3. The average molecular weight is 134 g/mol. The van der Waals surface area contributed by atoms with Gasteiger partial charge in [0.15, 0.2) is 0 Å². The standard InChI is InChI=1S/C8H11BO/c1-3-5-8(9)7(4-2)6-10/h3-5,10H,1,6H2,2H3/b7-4-,8-5+. The second-order valence-electron chi connectivity index (χ2n) is 1.83. The lowest BCUT2D eigenvalue weighted by molar-refractivity contribution is 0.334. The fraction of sp³-hybridized carbons (Fsp3) is 0.250. The molecule has 0 rings (SSSR count). The SMILES string of the molecule is [B]C(=C/C=C)/C(=C\C)CO. The molecular weight excluding hydrogens is 123 g/mol. The Bertz CT molecular complexity index is 168. The van der Waals surface area contributed by atoms with E-state index in [9.17, 15) is 0 Å². The van der Waals surface area contributed by atoms with Gasteiger partial charge in [-0.25, -0.2) is 0 Å². The van der Waals surface area contributed by atoms with Crippen LogP contribution in [-0.4, -0.2) is 19.6 Å². The monoisotopic (exact) mass is 134 g/mol. The van der Waals surface area contributed by atoms with E-state index in [2.05, 4.69) is 6.58 Å². The van der Waals surface area contributed by atoms with Crippen molar-refractivity contribution >= 4 is 7.85 Å². The molecule has 0 aromatic carbocycles. The molecule has 0 amide bonds. The fourth-order valence-corrected chi connectivity index (χ4v) is 0.583. The van der Waals surface area contributed by atoms with Gasteiger partial charge in [0.25, 0.3) is 0 Å². The summed E-state index contributed by atoms with van der Waals surface area (Å²) < 4.78 is 0. The van der Waals surface area contributed by atoms with Crippen LogP contribution in [-0.2, 0) is 0 Å². The molecule has 0 aliphatic heterocycles. The smallest absolute Gasteiger partial charge is 0.114 e. The summed E-state index contributed by atoms with van der Waals surface area (Å²) in [5.41, 5.74) is 1.31. The lowest BCUT2D eigenvalue weighted by atomic mass is 9.88. The lowest BCUT2D eigenvalue weighted by Crippen LogP contribution is -1.93. The molecule has 2 radical (unpaired) electrons. The van der Waals surface area contributed by atoms with Gasteiger partial charge in [-0.1, -0.05) is 30.3 Å². The molecule has 0 saturated heterocycles. The molecule has 1 N–H and O–H groups in total. The van der Waals surface area contributed by atoms with E-state index < -0.39 is 0 Å². The second-order valence-corrected chi connectivity index (χ2v) is 1.83. The first-order chi connectivity index (χ1) is 4.76. The van der Waals surface area contributed by atoms with Crippen LogP contribution in [0.15, 0.2) is 35.9 Å². The molecule has 0 aromatic heterocycles. The summed E-state index contributed by atoms with van der Waals surface area (Å²) in [6, 6.07) is 0. The highest BCUT2D eigenvalue weighted by atomic mass is 16.3. The Morgan fingerprint density at radius 1 is 1.70 bits per heavy atom. The molecular formula is C8H11BO. The first kappa shape index (κ1) is 9.24. The minimum atomic E-state index is -0.0212. The van der Waals surface area contributed by atoms with E-state index in [-0.39, 0.29) is 6.61 Å². The van der Waals surface area contributed by atoms with E-state index in [1.807, 2.05) is 6.92 Å². The maximum absolute atomic E-state index is 8.70. The van der Waals surface area contributed by atoms with E-state index in [0.29, 0.717) is 5.47 Å². The van der Waals surface area contributed by atoms with Crippen molar-refractivity contribution in [2.75, 3.05) is 6.61 Å². The van der Waals surface area contributed by atoms with Crippen molar-refractivity contribution in [3.05, 3.63) is 35.9 Å². The molecule has 0 fully saturated rings. The maximum atomic E-state index is 8.70. The van der Waals surface area contributed by atoms with Gasteiger partial charge in [-0.05, 0) is 12.5 Å². The number of aliphatic hydroxyl groups excluding tert-OH is 1. The summed E-state index contributed by atoms with van der Waals surface area (Å²) in [6.07, 6.45) is 5.02. The third-order valence-corrected chi connectivity index (χ3v) is 1.19. The zero-order valence-corrected chi connectivity index (χ0v) is 6.17. The summed E-state index contributed by atoms with van der Waals surface area (Å²) in [4.78, 5) is 0. The summed E-state index contributed by atoms with van der Waals surface area (Å²) >= 11 is 0. The number of aliphatic hydroxyl groups is 1. The molecule has 0 unspecified atom stereocenters. The third-order valence-electron chi connectivity index (χ3n) is 1.19. The molecule has 0 atom stereocenters. The highest BCUT2D eigenvalue weighted by molar-refractivity contribution is 6.24. The van der Waals surface area contributed by atoms with Crippen LogP contribution in [0.3, 0.4) is 0 Å². The maximum Gasteiger partial charge on any atom is 0.114 e. The van der Waals surface area contributed by atoms with Gasteiger partial charge < -0.3 is 5.11 Å². The Morgan fingerprint density at radius 3 is 2.60 bits per heavy atom. The quantitative estimate of drug-likeness (QED) is 0.453. The van der Waals surface area contributed by atoms with Crippen LogP contribution < -0.4 is 0 Å². The highest BCUT2D eigenvalue weighted by Crippen LogP contribution is 2.03. The van der Waals surface area contributed by atoms with Crippen molar-refractivity contribution in [2.45, 2.75) is 6.92 Å². The van der Waals surface area contributed by atoms with Crippen LogP contribution in [0.25, 0.3) is 0 Å². The molecule has 10 heavy (non-hydrogen) atoms. The van der Waals surface area contributed by atoms with Gasteiger partial charge in [0.1, 0.15) is 7.85 Å². The third kappa shape index (κ3) is 2.69. The van der Waals surface area contributed by atoms with Crippen LogP contribution in [0.2, 0.25) is 0 Å². The van der Waals surface area contributed by atoms with Crippen molar-refractivity contribution < 1.29 is 5.11 Å². The Morgan fingerprint density at radius 2 is 2.30 bits per heavy atom. The second kappa shape index (κ2) is 5.06. The van der Waals surface area contributed by atoms with Crippen LogP contribution in [0.1, 0.15) is 6.92 Å². The molecule has 1 nitrogen and oxygen atoms in total. The highest BCUT2D eigenvalue weighted by Gasteiger charge is 1.92. The van der Waals surface area contributed by atoms with Gasteiger partial charge in [-0.3, -0.25) is 0 Å². The van der Waals surface area contributed by atoms with Gasteiger partial charge in [-0.2, -0.15) is 0 Å². The Balaban J connectivity index is 4.30. The molecule has 2 heteroatoms. The van der Waals surface area contributed by atoms with Gasteiger partial charge in [0.05, 0.1) is 6.61 Å². The van der Waals surface area contributed by atoms with Crippen molar-refractivity contribution in [1.82, 2.24) is 0 Å². The van der Waals surface area contributed by atoms with Crippen LogP contribution >= 0.6 is 0 Å². The molecule has 52 valence electrons. The minimum absolute atomic E-state index is 0.0212. The van der Waals surface area contributed by atoms with Gasteiger partial charge in [-0.15, -0.1) is 0 Å². The molecule has 0 saturated carbocycles. The predicted molar refractivity (Wildman–Crippen MR) is 44.9 cm³/mol. The number of hydrogen-bond donors (Lipinski definition) is 1. The first-order valence-corrected chi connectivity index (χ1v) is 3.10. The van der Waals surface area contributed by atoms with Crippen molar-refractivity contribution in [3.63, 3.8) is 0 Å². The van der Waals surface area contributed by atoms with E-state index in [1.165, 1.54) is 0 Å². The number of rotatable bonds is 3. The Labute approximate surface area is 63.2 Å². The van der Waals surface area contributed by atoms with Crippen molar-refractivity contribution in [1.29, 1.82) is 0 Å². The number of hydrogen-bond acceptors (Lipinski definition) is 1. The zero-order valence-electron chi connectivity index (χ0n) is 6.17. The van der Waals surface area contributed by atoms with Gasteiger partial charge >= 0.3 is 0 Å². The average Bonchev–Trinajstić information content (AvgIpc) is 1.91. The largest absolute Gasteiger partial charge is 0.392 e. The summed E-state index contributed by atoms with van der Waals surface area (Å²) in [6.45, 7) is 5.29. The van der Waals surface area contributed by atoms with Gasteiger partial charge in [0, 0.05) is 0 Å². The van der Waals surface area contributed by atoms with E-state index in [1.54, 1.807) is 18.2 Å². The summed E-state index contributed by atoms with van der Waals surface area (Å²) in [5.74, 6) is 0. The molecule has 0 bridgehead atoms. The molecule has 0 aliphatic rings. The minimum Gasteiger partial charge on any atom is -0.392 e. The Hall–Kier alpha value is -0.755. The van der Waals surface area contributed by atoms with Crippen LogP contribution in [0.5, 0.6) is 0 Å².